The predicted octanol–water partition coefficient (Wildman–Crippen LogP) is 25.3. The van der Waals surface area contributed by atoms with E-state index in [0.717, 1.165) is 130 Å². The molecule has 14 rings (SSSR count). The Bertz CT molecular complexity index is 5640. The molecule has 0 bridgehead atoms. The molecule has 0 amide bonds. The molecule has 3 atom stereocenters. The fourth-order valence-corrected chi connectivity index (χ4v) is 20.9. The van der Waals surface area contributed by atoms with Gasteiger partial charge in [0.15, 0.2) is 0 Å². The van der Waals surface area contributed by atoms with Crippen LogP contribution in [0.5, 0.6) is 34.5 Å². The fourth-order valence-electron chi connectivity index (χ4n) is 14.2. The molecule has 16 nitrogen and oxygen atoms in total. The molecular formula is C92H100Br6Cl2N4O12S3. The maximum absolute atomic E-state index is 13.5. The second kappa shape index (κ2) is 43.8. The van der Waals surface area contributed by atoms with Gasteiger partial charge in [0.2, 0.25) is 0 Å². The van der Waals surface area contributed by atoms with E-state index in [0.29, 0.717) is 47.8 Å². The number of sulfonamides is 2. The number of hydrogen-bond acceptors (Lipinski definition) is 14. The third-order valence-electron chi connectivity index (χ3n) is 20.8. The Kier molecular flexibility index (Phi) is 35.8. The highest BCUT2D eigenvalue weighted by atomic mass is 79.9. The minimum atomic E-state index is -3.88. The molecule has 6 N–H and O–H groups in total. The standard InChI is InChI=1S/C33H33Br2NO4S.C26H27Br2NO.C24H24Br2N2O4S.C7H7ClO3S.2CH4.ClH/c1-21-7-9-23(10-8-21)20-40-33-18-26-6-4-5-25(15-24-16-30(34)22(2)31(35)17-24)29(26)19-32(33)36-41(37,38)28-13-11-27(39-3)12-14-28;1-16-6-8-18(9-7-16)15-30-26-13-21-5-3-4-20(22(21)14-25(26)29)10-19-11-23(27)17(2)24(28)12-19;1-14-20(25)9-15(10-21(14)26)11-22-19-13-23(24(29)12-16(19)7-8-27-22)28-33(30,31)18-5-3-17(32-2)4-6-18;1-11-6-2-4-7(5-3-6)12(8,9)10;;;/h7-14,16-19,25,36H,4-6,15,20H2,1-3H3;6-9,11-14,20H,3-5,10,15,29H2,1-2H3;3-6,9-10,12-13,22,27-29H,7-8,11H2,1-2H3;2-5H,1H3;2*1H4;1H. The molecule has 634 valence electrons. The lowest BCUT2D eigenvalue weighted by Crippen LogP contribution is -2.31. The van der Waals surface area contributed by atoms with Gasteiger partial charge in [-0.25, -0.2) is 25.3 Å². The van der Waals surface area contributed by atoms with Gasteiger partial charge >= 0.3 is 0 Å². The number of anilines is 3. The monoisotopic (exact) mass is 2090 g/mol. The highest BCUT2D eigenvalue weighted by Crippen LogP contribution is 2.45. The molecule has 3 aliphatic rings. The zero-order valence-corrected chi connectivity index (χ0v) is 79.2. The van der Waals surface area contributed by atoms with Crippen LogP contribution < -0.4 is 44.2 Å². The second-order valence-corrected chi connectivity index (χ2v) is 40.1. The van der Waals surface area contributed by atoms with Gasteiger partial charge < -0.3 is 39.8 Å². The summed E-state index contributed by atoms with van der Waals surface area (Å²) in [7, 11) is -1.69. The topological polar surface area (TPSA) is 231 Å². The normalized spacial score (nSPS) is 14.5. The molecule has 1 heterocycles. The molecule has 11 aromatic carbocycles. The number of rotatable bonds is 22. The molecule has 0 saturated carbocycles. The Labute approximate surface area is 763 Å². The first-order valence-electron chi connectivity index (χ1n) is 37.6. The van der Waals surface area contributed by atoms with Crippen molar-refractivity contribution in [1.82, 2.24) is 5.32 Å². The second-order valence-electron chi connectivity index (χ2n) is 29.0. The maximum Gasteiger partial charge on any atom is 0.262 e. The Hall–Kier alpha value is -7.11. The number of hydrogen-bond donors (Lipinski definition) is 5. The summed E-state index contributed by atoms with van der Waals surface area (Å²) in [4.78, 5) is 0.320. The van der Waals surface area contributed by atoms with E-state index in [1.165, 1.54) is 119 Å². The number of methoxy groups -OCH3 is 3. The number of nitrogens with two attached hydrogens (primary N) is 1. The number of halogens is 8. The quantitative estimate of drug-likeness (QED) is 0.0241. The molecular weight excluding hydrogens is 2000 g/mol. The first-order chi connectivity index (χ1) is 55.2. The minimum absolute atomic E-state index is 0. The molecule has 0 spiro atoms. The van der Waals surface area contributed by atoms with Gasteiger partial charge in [-0.15, -0.1) is 12.4 Å². The summed E-state index contributed by atoms with van der Waals surface area (Å²) < 4.78 is 114. The van der Waals surface area contributed by atoms with Crippen molar-refractivity contribution in [3.63, 3.8) is 0 Å². The molecule has 2 aliphatic carbocycles. The summed E-state index contributed by atoms with van der Waals surface area (Å²) >= 11 is 22.0. The summed E-state index contributed by atoms with van der Waals surface area (Å²) in [6.07, 6.45) is 9.88. The van der Waals surface area contributed by atoms with Crippen molar-refractivity contribution >= 4 is 165 Å². The summed E-state index contributed by atoms with van der Waals surface area (Å²) in [5, 5.41) is 14.1. The van der Waals surface area contributed by atoms with Crippen LogP contribution in [0.15, 0.2) is 236 Å². The van der Waals surface area contributed by atoms with Crippen molar-refractivity contribution in [2.24, 2.45) is 0 Å². The van der Waals surface area contributed by atoms with E-state index in [-0.39, 0.29) is 65.3 Å². The summed E-state index contributed by atoms with van der Waals surface area (Å²) in [6, 6.07) is 59.7. The fraction of sp³-hybridized carbons (Fsp3) is 0.283. The van der Waals surface area contributed by atoms with E-state index in [2.05, 4.69) is 204 Å². The van der Waals surface area contributed by atoms with Gasteiger partial charge in [-0.1, -0.05) is 170 Å². The summed E-state index contributed by atoms with van der Waals surface area (Å²) in [5.41, 5.74) is 26.7. The zero-order valence-electron chi connectivity index (χ0n) is 65.7. The first kappa shape index (κ1) is 97.3. The van der Waals surface area contributed by atoms with Crippen molar-refractivity contribution in [3.05, 3.63) is 310 Å². The van der Waals surface area contributed by atoms with Crippen molar-refractivity contribution in [1.29, 1.82) is 0 Å². The Morgan fingerprint density at radius 1 is 0.437 bits per heavy atom. The van der Waals surface area contributed by atoms with E-state index >= 15 is 0 Å². The van der Waals surface area contributed by atoms with E-state index in [1.54, 1.807) is 55.6 Å². The van der Waals surface area contributed by atoms with Crippen molar-refractivity contribution in [3.8, 4) is 34.5 Å². The van der Waals surface area contributed by atoms with E-state index in [1.807, 2.05) is 50.2 Å². The van der Waals surface area contributed by atoms with Gasteiger partial charge in [-0.2, -0.15) is 0 Å². The van der Waals surface area contributed by atoms with E-state index in [4.69, 9.17) is 40.1 Å². The maximum atomic E-state index is 13.5. The Morgan fingerprint density at radius 2 is 0.790 bits per heavy atom. The van der Waals surface area contributed by atoms with Crippen LogP contribution in [-0.2, 0) is 80.8 Å². The summed E-state index contributed by atoms with van der Waals surface area (Å²) in [5.74, 6) is 3.75. The van der Waals surface area contributed by atoms with Gasteiger partial charge in [-0.05, 0) is 341 Å². The van der Waals surface area contributed by atoms with Crippen LogP contribution in [0.4, 0.5) is 17.1 Å². The van der Waals surface area contributed by atoms with Crippen molar-refractivity contribution in [2.75, 3.05) is 43.1 Å². The number of nitrogens with one attached hydrogen (secondary N) is 3. The van der Waals surface area contributed by atoms with Crippen LogP contribution in [0.2, 0.25) is 0 Å². The number of benzene rings is 11. The molecule has 0 aromatic heterocycles. The van der Waals surface area contributed by atoms with Gasteiger partial charge in [0, 0.05) is 43.6 Å². The molecule has 3 unspecified atom stereocenters. The van der Waals surface area contributed by atoms with Crippen molar-refractivity contribution in [2.45, 2.75) is 159 Å². The number of aryl methyl sites for hydroxylation is 4. The zero-order chi connectivity index (χ0) is 83.3. The lowest BCUT2D eigenvalue weighted by atomic mass is 9.79. The number of phenols is 1. The van der Waals surface area contributed by atoms with Gasteiger partial charge in [0.1, 0.15) is 47.7 Å². The number of phenolic OH excluding ortho intramolecular Hbond substituents is 1. The van der Waals surface area contributed by atoms with E-state index < -0.39 is 29.1 Å². The van der Waals surface area contributed by atoms with Crippen LogP contribution in [0.25, 0.3) is 0 Å². The van der Waals surface area contributed by atoms with Crippen LogP contribution in [0, 0.1) is 34.6 Å². The Balaban J connectivity index is 0.000000207. The molecule has 0 fully saturated rings. The smallest absolute Gasteiger partial charge is 0.262 e. The largest absolute Gasteiger partial charge is 0.506 e. The van der Waals surface area contributed by atoms with Crippen LogP contribution >= 0.6 is 119 Å². The predicted molar refractivity (Wildman–Crippen MR) is 507 cm³/mol. The highest BCUT2D eigenvalue weighted by molar-refractivity contribution is 9.11. The molecule has 0 radical (unpaired) electrons. The van der Waals surface area contributed by atoms with Gasteiger partial charge in [0.25, 0.3) is 29.1 Å². The summed E-state index contributed by atoms with van der Waals surface area (Å²) in [6.45, 7) is 12.0. The first-order valence-corrected chi connectivity index (χ1v) is 47.6. The number of fused-ring (bicyclic) bond motifs is 3. The third kappa shape index (κ3) is 26.0. The van der Waals surface area contributed by atoms with Crippen LogP contribution in [0.1, 0.15) is 147 Å². The van der Waals surface area contributed by atoms with Gasteiger partial charge in [-0.3, -0.25) is 9.44 Å². The average Bonchev–Trinajstić information content (AvgIpc) is 0.784. The van der Waals surface area contributed by atoms with E-state index in [9.17, 15) is 30.4 Å². The van der Waals surface area contributed by atoms with Crippen LogP contribution in [-0.4, -0.2) is 58.2 Å². The molecule has 27 heteroatoms. The lowest BCUT2D eigenvalue weighted by molar-refractivity contribution is 0.307. The number of nitrogen functional groups attached to an aromatic ring is 1. The number of ether oxygens (including phenoxy) is 5. The molecule has 11 aromatic rings. The molecule has 1 aliphatic heterocycles. The average molecular weight is 2100 g/mol. The molecule has 0 saturated heterocycles. The third-order valence-corrected chi connectivity index (χ3v) is 29.9. The minimum Gasteiger partial charge on any atom is -0.506 e. The highest BCUT2D eigenvalue weighted by Gasteiger charge is 2.29. The van der Waals surface area contributed by atoms with Crippen LogP contribution in [0.3, 0.4) is 0 Å². The Morgan fingerprint density at radius 3 is 1.19 bits per heavy atom. The molecule has 119 heavy (non-hydrogen) atoms. The number of aromatic hydroxyl groups is 1. The van der Waals surface area contributed by atoms with Crippen molar-refractivity contribution < 1.29 is 54.0 Å². The SMILES string of the molecule is C.C.COc1ccc(S(=O)(=O)Cl)cc1.COc1ccc(S(=O)(=O)Nc2cc3c(cc2O)CCNC3Cc2cc(Br)c(C)c(Br)c2)cc1.COc1ccc(S(=O)(=O)Nc2cc3c(cc2OCc2ccc(C)cc2)CCCC3Cc2cc(Br)c(C)c(Br)c2)cc1.Cc1ccc(COc2cc3c(cc2N)C(Cc2cc(Br)c(C)c(Br)c2)CCC3)cc1.Cl. The van der Waals surface area contributed by atoms with Gasteiger partial charge in [0.05, 0.1) is 53.1 Å². The lowest BCUT2D eigenvalue weighted by Gasteiger charge is -2.28.